The van der Waals surface area contributed by atoms with Gasteiger partial charge in [0.1, 0.15) is 9.85 Å². The van der Waals surface area contributed by atoms with Crippen LogP contribution in [-0.4, -0.2) is 52.3 Å². The van der Waals surface area contributed by atoms with Gasteiger partial charge >= 0.3 is 5.66 Å². The molecule has 0 saturated heterocycles. The SMILES string of the molecule is O=S(O)O.O=[N+]([O-])C(CO)(CO)[N+](=O)[O-]. The summed E-state index contributed by atoms with van der Waals surface area (Å²) in [4.78, 5) is 17.3. The van der Waals surface area contributed by atoms with Crippen molar-refractivity contribution in [1.29, 1.82) is 0 Å². The fourth-order valence-electron chi connectivity index (χ4n) is 0.348. The second-order valence-corrected chi connectivity index (χ2v) is 2.51. The van der Waals surface area contributed by atoms with Crippen LogP contribution in [0.4, 0.5) is 0 Å². The van der Waals surface area contributed by atoms with Crippen molar-refractivity contribution in [1.82, 2.24) is 0 Å². The Kier molecular flexibility index (Phi) is 7.71. The maximum atomic E-state index is 9.97. The van der Waals surface area contributed by atoms with Gasteiger partial charge in [-0.05, 0) is 0 Å². The van der Waals surface area contributed by atoms with Crippen LogP contribution in [0.5, 0.6) is 0 Å². The summed E-state index contributed by atoms with van der Waals surface area (Å²) in [6.07, 6.45) is 0. The smallest absolute Gasteiger partial charge is 0.382 e. The van der Waals surface area contributed by atoms with E-state index in [1.807, 2.05) is 0 Å². The number of rotatable bonds is 4. The minimum atomic E-state index is -2.86. The molecular formula is C3H8N2O9S. The van der Waals surface area contributed by atoms with E-state index in [-0.39, 0.29) is 0 Å². The summed E-state index contributed by atoms with van der Waals surface area (Å²) >= 11 is -2.61. The van der Waals surface area contributed by atoms with Gasteiger partial charge in [-0.1, -0.05) is 0 Å². The van der Waals surface area contributed by atoms with Crippen LogP contribution in [-0.2, 0) is 11.4 Å². The van der Waals surface area contributed by atoms with Crippen molar-refractivity contribution in [3.05, 3.63) is 20.2 Å². The van der Waals surface area contributed by atoms with Gasteiger partial charge in [-0.15, -0.1) is 0 Å². The van der Waals surface area contributed by atoms with Crippen LogP contribution in [0.25, 0.3) is 0 Å². The van der Waals surface area contributed by atoms with Gasteiger partial charge in [-0.3, -0.25) is 29.3 Å². The predicted molar refractivity (Wildman–Crippen MR) is 44.3 cm³/mol. The summed E-state index contributed by atoms with van der Waals surface area (Å²) in [5.74, 6) is 0. The van der Waals surface area contributed by atoms with Crippen LogP contribution in [0.1, 0.15) is 0 Å². The molecule has 0 saturated carbocycles. The van der Waals surface area contributed by atoms with Crippen molar-refractivity contribution >= 4 is 11.4 Å². The molecule has 0 amide bonds. The lowest BCUT2D eigenvalue weighted by Crippen LogP contribution is -2.52. The molecule has 4 N–H and O–H groups in total. The summed E-state index contributed by atoms with van der Waals surface area (Å²) < 4.78 is 22.8. The maximum Gasteiger partial charge on any atom is 0.502 e. The summed E-state index contributed by atoms with van der Waals surface area (Å²) in [6.45, 7) is -2.66. The van der Waals surface area contributed by atoms with Gasteiger partial charge in [0.25, 0.3) is 11.4 Å². The Bertz CT molecular complexity index is 230. The van der Waals surface area contributed by atoms with Crippen LogP contribution in [0.3, 0.4) is 0 Å². The van der Waals surface area contributed by atoms with Crippen LogP contribution in [0.2, 0.25) is 0 Å². The van der Waals surface area contributed by atoms with Gasteiger partial charge < -0.3 is 10.2 Å². The second kappa shape index (κ2) is 7.13. The molecule has 0 bridgehead atoms. The average Bonchev–Trinajstić information content (AvgIpc) is 2.04. The van der Waals surface area contributed by atoms with Gasteiger partial charge in [-0.25, -0.2) is 0 Å². The molecule has 0 radical (unpaired) electrons. The first kappa shape index (κ1) is 16.2. The average molecular weight is 248 g/mol. The second-order valence-electron chi connectivity index (χ2n) is 2.04. The van der Waals surface area contributed by atoms with E-state index in [9.17, 15) is 20.2 Å². The Morgan fingerprint density at radius 1 is 1.07 bits per heavy atom. The molecule has 0 aromatic carbocycles. The van der Waals surface area contributed by atoms with E-state index in [0.717, 1.165) is 0 Å². The van der Waals surface area contributed by atoms with Gasteiger partial charge in [0.05, 0.1) is 0 Å². The molecule has 0 atom stereocenters. The van der Waals surface area contributed by atoms with Crippen LogP contribution >= 0.6 is 0 Å². The van der Waals surface area contributed by atoms with E-state index >= 15 is 0 Å². The molecule has 15 heavy (non-hydrogen) atoms. The molecule has 0 aliphatic heterocycles. The number of nitrogens with zero attached hydrogens (tertiary/aromatic N) is 2. The molecule has 12 heteroatoms. The lowest BCUT2D eigenvalue weighted by Gasteiger charge is -2.10. The highest BCUT2D eigenvalue weighted by Crippen LogP contribution is 2.08. The summed E-state index contributed by atoms with van der Waals surface area (Å²) in [6, 6.07) is 0. The number of aliphatic hydroxyl groups is 2. The largest absolute Gasteiger partial charge is 0.502 e. The molecule has 90 valence electrons. The van der Waals surface area contributed by atoms with Crippen molar-refractivity contribution < 1.29 is 33.4 Å². The van der Waals surface area contributed by atoms with E-state index < -0.39 is 40.1 Å². The Morgan fingerprint density at radius 3 is 1.27 bits per heavy atom. The Labute approximate surface area is 84.8 Å². The third-order valence-electron chi connectivity index (χ3n) is 1.19. The number of hydrogen-bond donors (Lipinski definition) is 4. The molecule has 0 aromatic heterocycles. The Balaban J connectivity index is 0. The van der Waals surface area contributed by atoms with Gasteiger partial charge in [0, 0.05) is 0 Å². The molecule has 0 fully saturated rings. The van der Waals surface area contributed by atoms with Crippen molar-refractivity contribution in [3.8, 4) is 0 Å². The number of hydrogen-bond acceptors (Lipinski definition) is 7. The first-order chi connectivity index (χ1) is 6.74. The van der Waals surface area contributed by atoms with Crippen molar-refractivity contribution in [3.63, 3.8) is 0 Å². The van der Waals surface area contributed by atoms with E-state index in [1.165, 1.54) is 0 Å². The highest BCUT2D eigenvalue weighted by Gasteiger charge is 2.55. The Hall–Kier alpha value is -1.21. The summed E-state index contributed by atoms with van der Waals surface area (Å²) in [5.41, 5.74) is -2.86. The summed E-state index contributed by atoms with van der Waals surface area (Å²) in [5, 5.41) is 36.5. The molecule has 0 heterocycles. The van der Waals surface area contributed by atoms with Gasteiger partial charge in [0.15, 0.2) is 13.2 Å². The first-order valence-electron chi connectivity index (χ1n) is 3.05. The molecule has 0 spiro atoms. The highest BCUT2D eigenvalue weighted by atomic mass is 32.2. The van der Waals surface area contributed by atoms with Crippen molar-refractivity contribution in [2.24, 2.45) is 0 Å². The zero-order valence-electron chi connectivity index (χ0n) is 7.05. The molecule has 0 aliphatic carbocycles. The quantitative estimate of drug-likeness (QED) is 0.187. The lowest BCUT2D eigenvalue weighted by atomic mass is 10.2. The molecular weight excluding hydrogens is 240 g/mol. The Morgan fingerprint density at radius 2 is 1.27 bits per heavy atom. The topological polar surface area (TPSA) is 184 Å². The van der Waals surface area contributed by atoms with E-state index in [0.29, 0.717) is 0 Å². The fourth-order valence-corrected chi connectivity index (χ4v) is 0.348. The molecule has 0 unspecified atom stereocenters. The summed E-state index contributed by atoms with van der Waals surface area (Å²) in [7, 11) is 0. The highest BCUT2D eigenvalue weighted by molar-refractivity contribution is 7.73. The van der Waals surface area contributed by atoms with Gasteiger partial charge in [-0.2, -0.15) is 4.21 Å². The zero-order chi connectivity index (χ0) is 12.6. The van der Waals surface area contributed by atoms with Crippen molar-refractivity contribution in [2.75, 3.05) is 13.2 Å². The van der Waals surface area contributed by atoms with Crippen LogP contribution < -0.4 is 0 Å². The molecule has 11 nitrogen and oxygen atoms in total. The standard InChI is InChI=1S/C3H6N2O6.H2O3S/c6-1-3(2-7,4(8)9)5(10)11;1-4(2)3/h6-7H,1-2H2;(H2,1,2,3). The normalized spacial score (nSPS) is 10.5. The minimum Gasteiger partial charge on any atom is -0.382 e. The van der Waals surface area contributed by atoms with Crippen molar-refractivity contribution in [2.45, 2.75) is 5.66 Å². The zero-order valence-corrected chi connectivity index (χ0v) is 7.86. The maximum absolute atomic E-state index is 9.97. The lowest BCUT2D eigenvalue weighted by molar-refractivity contribution is -0.800. The molecule has 0 rings (SSSR count). The third kappa shape index (κ3) is 5.28. The van der Waals surface area contributed by atoms with Crippen LogP contribution in [0, 0.1) is 20.2 Å². The van der Waals surface area contributed by atoms with Gasteiger partial charge in [0.2, 0.25) is 0 Å². The minimum absolute atomic E-state index is 1.33. The van der Waals surface area contributed by atoms with E-state index in [1.54, 1.807) is 0 Å². The fraction of sp³-hybridized carbons (Fsp3) is 1.00. The van der Waals surface area contributed by atoms with E-state index in [4.69, 9.17) is 23.5 Å². The third-order valence-corrected chi connectivity index (χ3v) is 1.19. The first-order valence-corrected chi connectivity index (χ1v) is 4.11. The number of nitro groups is 2. The monoisotopic (exact) mass is 248 g/mol. The molecule has 0 aromatic rings. The van der Waals surface area contributed by atoms with Crippen LogP contribution in [0.15, 0.2) is 0 Å². The van der Waals surface area contributed by atoms with E-state index in [2.05, 4.69) is 0 Å². The number of aliphatic hydroxyl groups excluding tert-OH is 2. The molecule has 0 aliphatic rings. The predicted octanol–water partition coefficient (Wildman–Crippen LogP) is -2.10.